The van der Waals surface area contributed by atoms with Crippen LogP contribution in [0.4, 0.5) is 4.79 Å². The molecule has 19 heavy (non-hydrogen) atoms. The van der Waals surface area contributed by atoms with Crippen molar-refractivity contribution in [3.63, 3.8) is 0 Å². The lowest BCUT2D eigenvalue weighted by Gasteiger charge is -2.16. The van der Waals surface area contributed by atoms with Crippen LogP contribution in [0.2, 0.25) is 0 Å². The third kappa shape index (κ3) is 5.41. The maximum atomic E-state index is 11.7. The quantitative estimate of drug-likeness (QED) is 0.597. The van der Waals surface area contributed by atoms with Crippen molar-refractivity contribution in [1.82, 2.24) is 20.6 Å². The molecule has 4 N–H and O–H groups in total. The van der Waals surface area contributed by atoms with E-state index < -0.39 is 5.97 Å². The summed E-state index contributed by atoms with van der Waals surface area (Å²) in [5.41, 5.74) is 0. The van der Waals surface area contributed by atoms with Gasteiger partial charge >= 0.3 is 12.0 Å². The Labute approximate surface area is 111 Å². The molecule has 2 amide bonds. The second-order valence-electron chi connectivity index (χ2n) is 4.49. The zero-order valence-electron chi connectivity index (χ0n) is 11.1. The molecule has 0 saturated heterocycles. The number of hydrogen-bond acceptors (Lipinski definition) is 3. The van der Waals surface area contributed by atoms with Crippen molar-refractivity contribution < 1.29 is 14.7 Å². The number of carbonyl (C=O) groups excluding carboxylic acids is 1. The van der Waals surface area contributed by atoms with Crippen LogP contribution >= 0.6 is 0 Å². The molecular formula is C12H20N4O3. The minimum atomic E-state index is -0.864. The summed E-state index contributed by atoms with van der Waals surface area (Å²) in [7, 11) is 0. The number of aromatic nitrogens is 2. The van der Waals surface area contributed by atoms with Crippen LogP contribution in [0, 0.1) is 5.92 Å². The van der Waals surface area contributed by atoms with Gasteiger partial charge in [-0.2, -0.15) is 0 Å². The second kappa shape index (κ2) is 7.40. The van der Waals surface area contributed by atoms with E-state index in [2.05, 4.69) is 20.6 Å². The van der Waals surface area contributed by atoms with Gasteiger partial charge in [-0.05, 0) is 12.3 Å². The summed E-state index contributed by atoms with van der Waals surface area (Å²) in [6.07, 6.45) is 4.08. The Morgan fingerprint density at radius 1 is 1.53 bits per heavy atom. The molecule has 1 aromatic rings. The molecule has 0 fully saturated rings. The van der Waals surface area contributed by atoms with E-state index in [4.69, 9.17) is 5.11 Å². The lowest BCUT2D eigenvalue weighted by Crippen LogP contribution is -2.40. The number of amides is 2. The number of H-pyrrole nitrogens is 1. The van der Waals surface area contributed by atoms with Crippen LogP contribution in [-0.2, 0) is 4.79 Å². The number of aromatic amines is 1. The van der Waals surface area contributed by atoms with Crippen molar-refractivity contribution in [2.45, 2.75) is 32.7 Å². The minimum Gasteiger partial charge on any atom is -0.481 e. The Morgan fingerprint density at radius 2 is 2.26 bits per heavy atom. The third-order valence-corrected chi connectivity index (χ3v) is 2.70. The van der Waals surface area contributed by atoms with Crippen LogP contribution in [0.15, 0.2) is 12.4 Å². The zero-order valence-corrected chi connectivity index (χ0v) is 11.1. The van der Waals surface area contributed by atoms with E-state index >= 15 is 0 Å². The fourth-order valence-electron chi connectivity index (χ4n) is 1.68. The zero-order chi connectivity index (χ0) is 14.3. The summed E-state index contributed by atoms with van der Waals surface area (Å²) >= 11 is 0. The summed E-state index contributed by atoms with van der Waals surface area (Å²) in [6.45, 7) is 4.05. The third-order valence-electron chi connectivity index (χ3n) is 2.70. The van der Waals surface area contributed by atoms with Gasteiger partial charge in [-0.15, -0.1) is 0 Å². The minimum absolute atomic E-state index is 0.0374. The van der Waals surface area contributed by atoms with Gasteiger partial charge in [-0.3, -0.25) is 4.79 Å². The van der Waals surface area contributed by atoms with Crippen LogP contribution in [0.5, 0.6) is 0 Å². The molecule has 7 heteroatoms. The molecular weight excluding hydrogens is 248 g/mol. The second-order valence-corrected chi connectivity index (χ2v) is 4.49. The van der Waals surface area contributed by atoms with E-state index in [0.717, 1.165) is 0 Å². The van der Waals surface area contributed by atoms with E-state index in [1.165, 1.54) is 0 Å². The first-order valence-corrected chi connectivity index (χ1v) is 6.28. The van der Waals surface area contributed by atoms with E-state index in [0.29, 0.717) is 18.8 Å². The van der Waals surface area contributed by atoms with Crippen molar-refractivity contribution in [2.75, 3.05) is 6.54 Å². The number of hydrogen-bond donors (Lipinski definition) is 4. The first-order chi connectivity index (χ1) is 9.02. The van der Waals surface area contributed by atoms with Crippen molar-refractivity contribution in [3.05, 3.63) is 18.2 Å². The molecule has 7 nitrogen and oxygen atoms in total. The number of nitrogens with one attached hydrogen (secondary N) is 3. The highest BCUT2D eigenvalue weighted by molar-refractivity contribution is 5.74. The predicted octanol–water partition coefficient (Wildman–Crippen LogP) is 1.27. The fraction of sp³-hybridized carbons (Fsp3) is 0.583. The number of imidazole rings is 1. The largest absolute Gasteiger partial charge is 0.481 e. The van der Waals surface area contributed by atoms with E-state index in [1.54, 1.807) is 19.3 Å². The Balaban J connectivity index is 2.36. The highest BCUT2D eigenvalue weighted by atomic mass is 16.4. The smallest absolute Gasteiger partial charge is 0.315 e. The van der Waals surface area contributed by atoms with Crippen molar-refractivity contribution >= 4 is 12.0 Å². The highest BCUT2D eigenvalue weighted by Gasteiger charge is 2.15. The van der Waals surface area contributed by atoms with Crippen LogP contribution in [0.3, 0.4) is 0 Å². The first-order valence-electron chi connectivity index (χ1n) is 6.28. The van der Waals surface area contributed by atoms with Gasteiger partial charge in [0.05, 0.1) is 6.04 Å². The van der Waals surface area contributed by atoms with Gasteiger partial charge in [0, 0.05) is 25.4 Å². The average molecular weight is 268 g/mol. The molecule has 0 bridgehead atoms. The average Bonchev–Trinajstić information content (AvgIpc) is 2.86. The molecule has 0 aliphatic rings. The van der Waals surface area contributed by atoms with Crippen molar-refractivity contribution in [1.29, 1.82) is 0 Å². The topological polar surface area (TPSA) is 107 Å². The van der Waals surface area contributed by atoms with E-state index in [-0.39, 0.29) is 24.4 Å². The molecule has 0 saturated carbocycles. The maximum Gasteiger partial charge on any atom is 0.315 e. The molecule has 0 aliphatic heterocycles. The molecule has 0 aromatic carbocycles. The number of nitrogens with zero attached hydrogens (tertiary/aromatic N) is 1. The molecule has 0 spiro atoms. The summed E-state index contributed by atoms with van der Waals surface area (Å²) in [4.78, 5) is 29.2. The Bertz CT molecular complexity index is 405. The number of carbonyl (C=O) groups is 2. The van der Waals surface area contributed by atoms with E-state index in [9.17, 15) is 9.59 Å². The Kier molecular flexibility index (Phi) is 5.84. The SMILES string of the molecule is CCC(NC(=O)NCC(C)CC(=O)O)c1ncc[nH]1. The monoisotopic (exact) mass is 268 g/mol. The van der Waals surface area contributed by atoms with Crippen LogP contribution in [-0.4, -0.2) is 33.6 Å². The lowest BCUT2D eigenvalue weighted by molar-refractivity contribution is -0.137. The number of urea groups is 1. The van der Waals surface area contributed by atoms with Gasteiger partial charge in [0.2, 0.25) is 0 Å². The van der Waals surface area contributed by atoms with Gasteiger partial charge in [-0.25, -0.2) is 9.78 Å². The van der Waals surface area contributed by atoms with Crippen molar-refractivity contribution in [3.8, 4) is 0 Å². The molecule has 1 heterocycles. The van der Waals surface area contributed by atoms with Gasteiger partial charge in [0.25, 0.3) is 0 Å². The van der Waals surface area contributed by atoms with Crippen LogP contribution in [0.25, 0.3) is 0 Å². The standard InChI is InChI=1S/C12H20N4O3/c1-3-9(11-13-4-5-14-11)16-12(19)15-7-8(2)6-10(17)18/h4-5,8-9H,3,6-7H2,1-2H3,(H,13,14)(H,17,18)(H2,15,16,19). The Morgan fingerprint density at radius 3 is 2.79 bits per heavy atom. The molecule has 1 aromatic heterocycles. The first kappa shape index (κ1) is 15.0. The molecule has 0 radical (unpaired) electrons. The number of carboxylic acid groups (broad SMARTS) is 1. The summed E-state index contributed by atoms with van der Waals surface area (Å²) in [6, 6.07) is -0.495. The maximum absolute atomic E-state index is 11.7. The highest BCUT2D eigenvalue weighted by Crippen LogP contribution is 2.10. The van der Waals surface area contributed by atoms with Gasteiger partial charge in [-0.1, -0.05) is 13.8 Å². The molecule has 1 rings (SSSR count). The number of carboxylic acids is 1. The summed E-state index contributed by atoms with van der Waals surface area (Å²) < 4.78 is 0. The van der Waals surface area contributed by atoms with Gasteiger partial charge < -0.3 is 20.7 Å². The Hall–Kier alpha value is -2.05. The fourth-order valence-corrected chi connectivity index (χ4v) is 1.68. The van der Waals surface area contributed by atoms with Crippen molar-refractivity contribution in [2.24, 2.45) is 5.92 Å². The number of rotatable bonds is 7. The summed E-state index contributed by atoms with van der Waals surface area (Å²) in [5, 5.41) is 14.1. The van der Waals surface area contributed by atoms with Gasteiger partial charge in [0.15, 0.2) is 0 Å². The van der Waals surface area contributed by atoms with Gasteiger partial charge in [0.1, 0.15) is 5.82 Å². The molecule has 106 valence electrons. The molecule has 0 aliphatic carbocycles. The normalized spacial score (nSPS) is 13.6. The molecule has 2 unspecified atom stereocenters. The van der Waals surface area contributed by atoms with Crippen LogP contribution < -0.4 is 10.6 Å². The molecule has 2 atom stereocenters. The number of aliphatic carboxylic acids is 1. The predicted molar refractivity (Wildman–Crippen MR) is 69.6 cm³/mol. The lowest BCUT2D eigenvalue weighted by atomic mass is 10.1. The summed E-state index contributed by atoms with van der Waals surface area (Å²) in [5.74, 6) is -0.264. The van der Waals surface area contributed by atoms with Crippen LogP contribution in [0.1, 0.15) is 38.6 Å². The van der Waals surface area contributed by atoms with E-state index in [1.807, 2.05) is 6.92 Å².